The van der Waals surface area contributed by atoms with E-state index in [2.05, 4.69) is 27.7 Å². The van der Waals surface area contributed by atoms with E-state index in [1.54, 1.807) is 0 Å². The van der Waals surface area contributed by atoms with Crippen molar-refractivity contribution in [3.8, 4) is 0 Å². The van der Waals surface area contributed by atoms with Crippen molar-refractivity contribution in [2.75, 3.05) is 26.2 Å². The Bertz CT molecular complexity index is 546. The molecule has 0 fully saturated rings. The van der Waals surface area contributed by atoms with Gasteiger partial charge in [-0.1, -0.05) is 77.6 Å². The van der Waals surface area contributed by atoms with Gasteiger partial charge in [0.25, 0.3) is 0 Å². The van der Waals surface area contributed by atoms with Crippen molar-refractivity contribution in [2.24, 2.45) is 0 Å². The van der Waals surface area contributed by atoms with Crippen LogP contribution in [0.2, 0.25) is 0 Å². The van der Waals surface area contributed by atoms with Gasteiger partial charge in [0.2, 0.25) is 11.8 Å². The van der Waals surface area contributed by atoms with Gasteiger partial charge >= 0.3 is 0 Å². The summed E-state index contributed by atoms with van der Waals surface area (Å²) in [4.78, 5) is 30.0. The summed E-state index contributed by atoms with van der Waals surface area (Å²) in [5.41, 5.74) is 2.00. The summed E-state index contributed by atoms with van der Waals surface area (Å²) in [6.45, 7) is 12.0. The Morgan fingerprint density at radius 2 is 0.900 bits per heavy atom. The molecule has 0 aromatic heterocycles. The van der Waals surface area contributed by atoms with E-state index in [4.69, 9.17) is 0 Å². The highest BCUT2D eigenvalue weighted by atomic mass is 16.2. The molecular formula is C26H44N2O2. The quantitative estimate of drug-likeness (QED) is 0.350. The number of hydrogen-bond donors (Lipinski definition) is 0. The molecule has 0 unspecified atom stereocenters. The Balaban J connectivity index is 2.86. The topological polar surface area (TPSA) is 40.6 Å². The smallest absolute Gasteiger partial charge is 0.226 e. The molecule has 0 radical (unpaired) electrons. The van der Waals surface area contributed by atoms with Gasteiger partial charge in [0.1, 0.15) is 0 Å². The summed E-state index contributed by atoms with van der Waals surface area (Å²) >= 11 is 0. The first-order valence-corrected chi connectivity index (χ1v) is 12.2. The Labute approximate surface area is 185 Å². The van der Waals surface area contributed by atoms with Gasteiger partial charge in [-0.3, -0.25) is 9.59 Å². The van der Waals surface area contributed by atoms with Gasteiger partial charge in [-0.05, 0) is 36.8 Å². The van der Waals surface area contributed by atoms with Gasteiger partial charge in [-0.25, -0.2) is 0 Å². The van der Waals surface area contributed by atoms with E-state index in [-0.39, 0.29) is 11.8 Å². The summed E-state index contributed by atoms with van der Waals surface area (Å²) < 4.78 is 0. The number of hydrogen-bond acceptors (Lipinski definition) is 2. The first kappa shape index (κ1) is 26.2. The summed E-state index contributed by atoms with van der Waals surface area (Å²) in [5.74, 6) is 0.372. The standard InChI is InChI=1S/C26H44N2O2/c1-5-9-17-27(18-10-6-2)25(29)21-23-15-13-14-16-24(23)22-26(30)28(19-11-7-3)20-12-8-4/h13-16H,5-12,17-22H2,1-4H3. The van der Waals surface area contributed by atoms with Crippen LogP contribution in [0.3, 0.4) is 0 Å². The van der Waals surface area contributed by atoms with Gasteiger partial charge in [0.05, 0.1) is 12.8 Å². The summed E-state index contributed by atoms with van der Waals surface area (Å²) in [6, 6.07) is 7.98. The van der Waals surface area contributed by atoms with E-state index < -0.39 is 0 Å². The first-order chi connectivity index (χ1) is 14.6. The molecule has 170 valence electrons. The molecule has 0 heterocycles. The van der Waals surface area contributed by atoms with E-state index in [1.165, 1.54) is 0 Å². The third-order valence-corrected chi connectivity index (χ3v) is 5.63. The zero-order chi connectivity index (χ0) is 22.2. The zero-order valence-corrected chi connectivity index (χ0v) is 19.9. The Hall–Kier alpha value is -1.84. The minimum atomic E-state index is 0.186. The lowest BCUT2D eigenvalue weighted by atomic mass is 10.00. The highest BCUT2D eigenvalue weighted by Crippen LogP contribution is 2.15. The van der Waals surface area contributed by atoms with Crippen molar-refractivity contribution < 1.29 is 9.59 Å². The number of nitrogens with zero attached hydrogens (tertiary/aromatic N) is 2. The fourth-order valence-electron chi connectivity index (χ4n) is 3.57. The van der Waals surface area contributed by atoms with Crippen molar-refractivity contribution in [3.05, 3.63) is 35.4 Å². The predicted octanol–water partition coefficient (Wildman–Crippen LogP) is 5.63. The number of benzene rings is 1. The maximum Gasteiger partial charge on any atom is 0.226 e. The first-order valence-electron chi connectivity index (χ1n) is 12.2. The number of amides is 2. The number of carbonyl (C=O) groups excluding carboxylic acids is 2. The molecule has 4 nitrogen and oxygen atoms in total. The lowest BCUT2D eigenvalue weighted by Crippen LogP contribution is -2.35. The second-order valence-corrected chi connectivity index (χ2v) is 8.30. The number of unbranched alkanes of at least 4 members (excludes halogenated alkanes) is 4. The van der Waals surface area contributed by atoms with Crippen LogP contribution in [0.15, 0.2) is 24.3 Å². The highest BCUT2D eigenvalue weighted by molar-refractivity contribution is 5.82. The lowest BCUT2D eigenvalue weighted by Gasteiger charge is -2.24. The van der Waals surface area contributed by atoms with Crippen LogP contribution in [0.5, 0.6) is 0 Å². The summed E-state index contributed by atoms with van der Waals surface area (Å²) in [5, 5.41) is 0. The van der Waals surface area contributed by atoms with Crippen LogP contribution in [0.1, 0.15) is 90.2 Å². The molecule has 0 saturated heterocycles. The minimum absolute atomic E-state index is 0.186. The largest absolute Gasteiger partial charge is 0.342 e. The fourth-order valence-corrected chi connectivity index (χ4v) is 3.57. The normalized spacial score (nSPS) is 10.8. The van der Waals surface area contributed by atoms with E-state index in [0.717, 1.165) is 88.7 Å². The second-order valence-electron chi connectivity index (χ2n) is 8.30. The monoisotopic (exact) mass is 416 g/mol. The van der Waals surface area contributed by atoms with Crippen molar-refractivity contribution in [1.29, 1.82) is 0 Å². The predicted molar refractivity (Wildman–Crippen MR) is 127 cm³/mol. The fraction of sp³-hybridized carbons (Fsp3) is 0.692. The Kier molecular flexibility index (Phi) is 13.9. The molecule has 1 rings (SSSR count). The molecule has 30 heavy (non-hydrogen) atoms. The van der Waals surface area contributed by atoms with Gasteiger partial charge in [0.15, 0.2) is 0 Å². The van der Waals surface area contributed by atoms with E-state index in [1.807, 2.05) is 34.1 Å². The van der Waals surface area contributed by atoms with E-state index >= 15 is 0 Å². The van der Waals surface area contributed by atoms with Crippen LogP contribution < -0.4 is 0 Å². The molecule has 0 N–H and O–H groups in total. The van der Waals surface area contributed by atoms with Crippen LogP contribution in [0, 0.1) is 0 Å². The van der Waals surface area contributed by atoms with Crippen LogP contribution in [0.25, 0.3) is 0 Å². The third kappa shape index (κ3) is 9.77. The molecule has 0 saturated carbocycles. The van der Waals surface area contributed by atoms with E-state index in [9.17, 15) is 9.59 Å². The lowest BCUT2D eigenvalue weighted by molar-refractivity contribution is -0.131. The van der Waals surface area contributed by atoms with E-state index in [0.29, 0.717) is 12.8 Å². The van der Waals surface area contributed by atoms with Crippen LogP contribution in [0.4, 0.5) is 0 Å². The van der Waals surface area contributed by atoms with Crippen molar-refractivity contribution in [2.45, 2.75) is 91.9 Å². The SMILES string of the molecule is CCCCN(CCCC)C(=O)Cc1ccccc1CC(=O)N(CCCC)CCCC. The van der Waals surface area contributed by atoms with Crippen LogP contribution >= 0.6 is 0 Å². The van der Waals surface area contributed by atoms with Crippen LogP contribution in [-0.4, -0.2) is 47.8 Å². The maximum absolute atomic E-state index is 13.0. The molecular weight excluding hydrogens is 372 g/mol. The second kappa shape index (κ2) is 15.9. The minimum Gasteiger partial charge on any atom is -0.342 e. The molecule has 1 aromatic rings. The van der Waals surface area contributed by atoms with Gasteiger partial charge in [0, 0.05) is 26.2 Å². The molecule has 0 spiro atoms. The molecule has 0 atom stereocenters. The van der Waals surface area contributed by atoms with Crippen LogP contribution in [-0.2, 0) is 22.4 Å². The molecule has 2 amide bonds. The van der Waals surface area contributed by atoms with Crippen molar-refractivity contribution >= 4 is 11.8 Å². The Morgan fingerprint density at radius 1 is 0.600 bits per heavy atom. The summed E-state index contributed by atoms with van der Waals surface area (Å²) in [6.07, 6.45) is 9.30. The van der Waals surface area contributed by atoms with Gasteiger partial charge in [-0.15, -0.1) is 0 Å². The molecule has 1 aromatic carbocycles. The van der Waals surface area contributed by atoms with Crippen molar-refractivity contribution in [1.82, 2.24) is 9.80 Å². The van der Waals surface area contributed by atoms with Crippen molar-refractivity contribution in [3.63, 3.8) is 0 Å². The Morgan fingerprint density at radius 3 is 1.17 bits per heavy atom. The molecule has 0 aliphatic carbocycles. The third-order valence-electron chi connectivity index (χ3n) is 5.63. The summed E-state index contributed by atoms with van der Waals surface area (Å²) in [7, 11) is 0. The highest BCUT2D eigenvalue weighted by Gasteiger charge is 2.18. The number of rotatable bonds is 16. The molecule has 4 heteroatoms. The molecule has 0 bridgehead atoms. The van der Waals surface area contributed by atoms with Gasteiger partial charge < -0.3 is 9.80 Å². The molecule has 0 aliphatic heterocycles. The molecule has 0 aliphatic rings. The number of carbonyl (C=O) groups is 2. The maximum atomic E-state index is 13.0. The zero-order valence-electron chi connectivity index (χ0n) is 19.9. The van der Waals surface area contributed by atoms with Gasteiger partial charge in [-0.2, -0.15) is 0 Å². The average molecular weight is 417 g/mol. The average Bonchev–Trinajstić information content (AvgIpc) is 2.75.